The molecule has 4 nitrogen and oxygen atoms in total. The molecule has 0 fully saturated rings. The van der Waals surface area contributed by atoms with Crippen LogP contribution in [-0.4, -0.2) is 58.3 Å². The van der Waals surface area contributed by atoms with E-state index in [2.05, 4.69) is 29.6 Å². The van der Waals surface area contributed by atoms with Crippen LogP contribution >= 0.6 is 0 Å². The van der Waals surface area contributed by atoms with Crippen LogP contribution in [0.1, 0.15) is 6.42 Å². The second kappa shape index (κ2) is 9.92. The quantitative estimate of drug-likeness (QED) is 0.410. The van der Waals surface area contributed by atoms with E-state index in [1.54, 1.807) is 0 Å². The Morgan fingerprint density at radius 1 is 1.00 bits per heavy atom. The van der Waals surface area contributed by atoms with Crippen molar-refractivity contribution in [2.24, 2.45) is 5.73 Å². The molecule has 0 saturated carbocycles. The number of hydrogen-bond acceptors (Lipinski definition) is 4. The van der Waals surface area contributed by atoms with E-state index in [1.165, 1.54) is 6.42 Å². The highest BCUT2D eigenvalue weighted by atomic mass is 15.1. The Morgan fingerprint density at radius 3 is 2.15 bits per heavy atom. The normalized spacial score (nSPS) is 11.1. The summed E-state index contributed by atoms with van der Waals surface area (Å²) < 4.78 is 0. The number of hydrogen-bond donors (Lipinski definition) is 3. The molecule has 80 valence electrons. The van der Waals surface area contributed by atoms with Gasteiger partial charge in [-0.05, 0) is 33.6 Å². The summed E-state index contributed by atoms with van der Waals surface area (Å²) in [6.07, 6.45) is 1.21. The summed E-state index contributed by atoms with van der Waals surface area (Å²) in [4.78, 5) is 2.20. The topological polar surface area (TPSA) is 53.3 Å². The summed E-state index contributed by atoms with van der Waals surface area (Å²) in [7, 11) is 4.20. The predicted molar refractivity (Wildman–Crippen MR) is 58.0 cm³/mol. The van der Waals surface area contributed by atoms with Gasteiger partial charge in [0.1, 0.15) is 0 Å². The van der Waals surface area contributed by atoms with Gasteiger partial charge < -0.3 is 21.3 Å². The second-order valence-corrected chi connectivity index (χ2v) is 3.45. The first-order valence-corrected chi connectivity index (χ1v) is 5.03. The average Bonchev–Trinajstić information content (AvgIpc) is 2.09. The van der Waals surface area contributed by atoms with Crippen LogP contribution in [0.2, 0.25) is 0 Å². The Morgan fingerprint density at radius 2 is 1.62 bits per heavy atom. The van der Waals surface area contributed by atoms with Crippen molar-refractivity contribution in [3.8, 4) is 0 Å². The van der Waals surface area contributed by atoms with E-state index in [-0.39, 0.29) is 0 Å². The fourth-order valence-electron chi connectivity index (χ4n) is 1.05. The van der Waals surface area contributed by atoms with Crippen LogP contribution in [0, 0.1) is 0 Å². The SMILES string of the molecule is CN(C)CCCNCCNCCN. The zero-order valence-electron chi connectivity index (χ0n) is 8.97. The summed E-state index contributed by atoms with van der Waals surface area (Å²) in [6.45, 7) is 5.94. The Kier molecular flexibility index (Phi) is 9.80. The minimum Gasteiger partial charge on any atom is -0.329 e. The lowest BCUT2D eigenvalue weighted by Gasteiger charge is -2.09. The molecule has 0 aliphatic carbocycles. The van der Waals surface area contributed by atoms with Crippen LogP contribution in [0.5, 0.6) is 0 Å². The van der Waals surface area contributed by atoms with Crippen LogP contribution in [0.15, 0.2) is 0 Å². The highest BCUT2D eigenvalue weighted by molar-refractivity contribution is 4.53. The average molecular weight is 188 g/mol. The summed E-state index contributed by atoms with van der Waals surface area (Å²) >= 11 is 0. The first kappa shape index (κ1) is 12.8. The number of nitrogens with zero attached hydrogens (tertiary/aromatic N) is 1. The Balaban J connectivity index is 2.84. The van der Waals surface area contributed by atoms with E-state index in [4.69, 9.17) is 5.73 Å². The van der Waals surface area contributed by atoms with E-state index in [0.717, 1.165) is 39.3 Å². The van der Waals surface area contributed by atoms with E-state index in [1.807, 2.05) is 0 Å². The Hall–Kier alpha value is -0.160. The lowest BCUT2D eigenvalue weighted by atomic mass is 10.4. The molecule has 0 aliphatic heterocycles. The van der Waals surface area contributed by atoms with E-state index in [0.29, 0.717) is 0 Å². The van der Waals surface area contributed by atoms with Crippen LogP contribution in [0.4, 0.5) is 0 Å². The summed E-state index contributed by atoms with van der Waals surface area (Å²) in [5.41, 5.74) is 5.34. The molecule has 0 radical (unpaired) electrons. The zero-order chi connectivity index (χ0) is 9.94. The predicted octanol–water partition coefficient (Wildman–Crippen LogP) is -0.924. The molecule has 13 heavy (non-hydrogen) atoms. The molecule has 4 heteroatoms. The molecular weight excluding hydrogens is 164 g/mol. The van der Waals surface area contributed by atoms with Crippen molar-refractivity contribution in [2.45, 2.75) is 6.42 Å². The lowest BCUT2D eigenvalue weighted by Crippen LogP contribution is -2.31. The van der Waals surface area contributed by atoms with Gasteiger partial charge in [-0.3, -0.25) is 0 Å². The maximum atomic E-state index is 5.34. The molecule has 0 unspecified atom stereocenters. The molecule has 0 rings (SSSR count). The van der Waals surface area contributed by atoms with Crippen molar-refractivity contribution in [2.75, 3.05) is 53.4 Å². The molecule has 0 atom stereocenters. The second-order valence-electron chi connectivity index (χ2n) is 3.45. The summed E-state index contributed by atoms with van der Waals surface area (Å²) in [5.74, 6) is 0. The molecule has 0 bridgehead atoms. The molecule has 0 amide bonds. The third-order valence-electron chi connectivity index (χ3n) is 1.76. The molecule has 0 heterocycles. The number of nitrogens with one attached hydrogen (secondary N) is 2. The first-order valence-electron chi connectivity index (χ1n) is 5.03. The minimum atomic E-state index is 0.723. The zero-order valence-corrected chi connectivity index (χ0v) is 8.97. The maximum absolute atomic E-state index is 5.34. The maximum Gasteiger partial charge on any atom is 0.00772 e. The van der Waals surface area contributed by atoms with Gasteiger partial charge in [-0.1, -0.05) is 0 Å². The molecule has 0 aromatic heterocycles. The lowest BCUT2D eigenvalue weighted by molar-refractivity contribution is 0.394. The third kappa shape index (κ3) is 11.8. The fraction of sp³-hybridized carbons (Fsp3) is 1.00. The van der Waals surface area contributed by atoms with Crippen molar-refractivity contribution in [3.63, 3.8) is 0 Å². The van der Waals surface area contributed by atoms with Crippen molar-refractivity contribution in [1.29, 1.82) is 0 Å². The van der Waals surface area contributed by atoms with E-state index >= 15 is 0 Å². The third-order valence-corrected chi connectivity index (χ3v) is 1.76. The molecule has 0 aromatic carbocycles. The largest absolute Gasteiger partial charge is 0.329 e. The van der Waals surface area contributed by atoms with Gasteiger partial charge in [0.15, 0.2) is 0 Å². The van der Waals surface area contributed by atoms with Crippen LogP contribution in [0.25, 0.3) is 0 Å². The van der Waals surface area contributed by atoms with E-state index in [9.17, 15) is 0 Å². The standard InChI is InChI=1S/C9H24N4/c1-13(2)9-3-5-11-7-8-12-6-4-10/h11-12H,3-10H2,1-2H3. The fourth-order valence-corrected chi connectivity index (χ4v) is 1.05. The number of nitrogens with two attached hydrogens (primary N) is 1. The Bertz CT molecular complexity index is 95.6. The van der Waals surface area contributed by atoms with Crippen LogP contribution in [-0.2, 0) is 0 Å². The van der Waals surface area contributed by atoms with Gasteiger partial charge in [-0.15, -0.1) is 0 Å². The van der Waals surface area contributed by atoms with Gasteiger partial charge in [-0.25, -0.2) is 0 Å². The van der Waals surface area contributed by atoms with E-state index < -0.39 is 0 Å². The molecule has 0 saturated heterocycles. The minimum absolute atomic E-state index is 0.723. The van der Waals surface area contributed by atoms with Crippen molar-refractivity contribution < 1.29 is 0 Å². The highest BCUT2D eigenvalue weighted by Crippen LogP contribution is 1.79. The molecular formula is C9H24N4. The highest BCUT2D eigenvalue weighted by Gasteiger charge is 1.90. The monoisotopic (exact) mass is 188 g/mol. The van der Waals surface area contributed by atoms with Crippen LogP contribution < -0.4 is 16.4 Å². The van der Waals surface area contributed by atoms with Gasteiger partial charge >= 0.3 is 0 Å². The van der Waals surface area contributed by atoms with Crippen molar-refractivity contribution >= 4 is 0 Å². The van der Waals surface area contributed by atoms with Gasteiger partial charge in [0, 0.05) is 26.2 Å². The van der Waals surface area contributed by atoms with Gasteiger partial charge in [0.2, 0.25) is 0 Å². The van der Waals surface area contributed by atoms with Crippen molar-refractivity contribution in [3.05, 3.63) is 0 Å². The van der Waals surface area contributed by atoms with Gasteiger partial charge in [0.25, 0.3) is 0 Å². The molecule has 4 N–H and O–H groups in total. The first-order chi connectivity index (χ1) is 6.27. The van der Waals surface area contributed by atoms with Gasteiger partial charge in [-0.2, -0.15) is 0 Å². The van der Waals surface area contributed by atoms with Crippen molar-refractivity contribution in [1.82, 2.24) is 15.5 Å². The van der Waals surface area contributed by atoms with Gasteiger partial charge in [0.05, 0.1) is 0 Å². The molecule has 0 aromatic rings. The smallest absolute Gasteiger partial charge is 0.00772 e. The molecule has 0 aliphatic rings. The number of rotatable bonds is 9. The summed E-state index contributed by atoms with van der Waals surface area (Å²) in [5, 5.41) is 6.61. The van der Waals surface area contributed by atoms with Crippen LogP contribution in [0.3, 0.4) is 0 Å². The molecule has 0 spiro atoms. The summed E-state index contributed by atoms with van der Waals surface area (Å²) in [6, 6.07) is 0. The Labute approximate surface area is 81.9 Å².